The van der Waals surface area contributed by atoms with Crippen LogP contribution in [0.4, 0.5) is 0 Å². The average molecular weight is 481 g/mol. The number of phenols is 2. The molecule has 0 saturated carbocycles. The number of nitrogens with zero attached hydrogens (tertiary/aromatic N) is 1. The van der Waals surface area contributed by atoms with Crippen molar-refractivity contribution in [2.24, 2.45) is 0 Å². The van der Waals surface area contributed by atoms with Crippen molar-refractivity contribution in [3.8, 4) is 22.8 Å². The molecule has 152 valence electrons. The Labute approximate surface area is 180 Å². The van der Waals surface area contributed by atoms with Crippen molar-refractivity contribution in [2.75, 3.05) is 20.2 Å². The Morgan fingerprint density at radius 2 is 2.00 bits per heavy atom. The summed E-state index contributed by atoms with van der Waals surface area (Å²) in [7, 11) is 1.89. The summed E-state index contributed by atoms with van der Waals surface area (Å²) >= 11 is 9.68. The molecule has 3 aromatic rings. The number of likely N-dealkylation sites (N-methyl/N-ethyl adjacent to an activating group) is 1. The number of aliphatic hydroxyl groups is 1. The van der Waals surface area contributed by atoms with Crippen LogP contribution in [0.15, 0.2) is 44.0 Å². The molecule has 3 N–H and O–H groups in total. The lowest BCUT2D eigenvalue weighted by Crippen LogP contribution is -2.32. The van der Waals surface area contributed by atoms with Crippen LogP contribution in [0.25, 0.3) is 22.3 Å². The molecule has 29 heavy (non-hydrogen) atoms. The Kier molecular flexibility index (Phi) is 5.33. The molecule has 0 bridgehead atoms. The molecule has 1 aliphatic rings. The first-order valence-corrected chi connectivity index (χ1v) is 10.3. The zero-order valence-electron chi connectivity index (χ0n) is 15.5. The molecule has 0 spiro atoms. The Bertz CT molecular complexity index is 1160. The normalized spacial score (nSPS) is 19.9. The zero-order chi connectivity index (χ0) is 20.9. The van der Waals surface area contributed by atoms with E-state index in [0.29, 0.717) is 22.6 Å². The van der Waals surface area contributed by atoms with Crippen LogP contribution in [0, 0.1) is 0 Å². The number of likely N-dealkylation sites (tertiary alicyclic amines) is 1. The largest absolute Gasteiger partial charge is 0.507 e. The fraction of sp³-hybridized carbons (Fsp3) is 0.286. The van der Waals surface area contributed by atoms with E-state index in [0.717, 1.165) is 17.1 Å². The Morgan fingerprint density at radius 3 is 2.69 bits per heavy atom. The van der Waals surface area contributed by atoms with Crippen LogP contribution in [0.3, 0.4) is 0 Å². The van der Waals surface area contributed by atoms with E-state index >= 15 is 0 Å². The minimum atomic E-state index is -0.439. The lowest BCUT2D eigenvalue weighted by Gasteiger charge is -2.24. The third-order valence-corrected chi connectivity index (χ3v) is 6.38. The molecule has 2 aromatic carbocycles. The molecule has 0 aliphatic carbocycles. The van der Waals surface area contributed by atoms with E-state index in [1.54, 1.807) is 18.2 Å². The number of fused-ring (bicyclic) bond motifs is 1. The summed E-state index contributed by atoms with van der Waals surface area (Å²) in [6.07, 6.45) is 0.669. The molecule has 1 aromatic heterocycles. The maximum atomic E-state index is 12.9. The maximum Gasteiger partial charge on any atom is 0.197 e. The molecular formula is C21H19BrClNO5. The quantitative estimate of drug-likeness (QED) is 0.523. The number of aliphatic hydroxyl groups excluding tert-OH is 1. The summed E-state index contributed by atoms with van der Waals surface area (Å²) in [4.78, 5) is 14.8. The van der Waals surface area contributed by atoms with Gasteiger partial charge in [0.2, 0.25) is 0 Å². The van der Waals surface area contributed by atoms with Crippen molar-refractivity contribution in [3.63, 3.8) is 0 Å². The van der Waals surface area contributed by atoms with Gasteiger partial charge in [-0.05, 0) is 38.2 Å². The van der Waals surface area contributed by atoms with E-state index in [2.05, 4.69) is 15.9 Å². The average Bonchev–Trinajstić information content (AvgIpc) is 3.01. The Morgan fingerprint density at radius 1 is 1.24 bits per heavy atom. The van der Waals surface area contributed by atoms with Gasteiger partial charge in [-0.1, -0.05) is 27.5 Å². The van der Waals surface area contributed by atoms with Crippen molar-refractivity contribution in [1.29, 1.82) is 0 Å². The lowest BCUT2D eigenvalue weighted by atomic mass is 9.89. The highest BCUT2D eigenvalue weighted by Gasteiger charge is 2.36. The molecule has 1 fully saturated rings. The minimum Gasteiger partial charge on any atom is -0.507 e. The topological polar surface area (TPSA) is 94.1 Å². The third-order valence-electron chi connectivity index (χ3n) is 5.58. The first-order chi connectivity index (χ1) is 13.8. The van der Waals surface area contributed by atoms with E-state index < -0.39 is 5.43 Å². The molecule has 1 saturated heterocycles. The number of halogens is 2. The van der Waals surface area contributed by atoms with Gasteiger partial charge in [0.15, 0.2) is 5.43 Å². The second-order valence-corrected chi connectivity index (χ2v) is 8.58. The van der Waals surface area contributed by atoms with Crippen molar-refractivity contribution in [1.82, 2.24) is 4.90 Å². The van der Waals surface area contributed by atoms with E-state index in [1.165, 1.54) is 6.07 Å². The molecule has 2 heterocycles. The van der Waals surface area contributed by atoms with Gasteiger partial charge in [-0.25, -0.2) is 0 Å². The van der Waals surface area contributed by atoms with E-state index in [-0.39, 0.29) is 46.8 Å². The predicted molar refractivity (Wildman–Crippen MR) is 115 cm³/mol. The fourth-order valence-corrected chi connectivity index (χ4v) is 4.88. The summed E-state index contributed by atoms with van der Waals surface area (Å²) in [5, 5.41) is 31.2. The molecule has 8 heteroatoms. The molecule has 1 aliphatic heterocycles. The summed E-state index contributed by atoms with van der Waals surface area (Å²) in [5.74, 6) is -0.545. The monoisotopic (exact) mass is 479 g/mol. The highest BCUT2D eigenvalue weighted by atomic mass is 79.9. The van der Waals surface area contributed by atoms with Crippen LogP contribution in [0.1, 0.15) is 17.9 Å². The van der Waals surface area contributed by atoms with Gasteiger partial charge in [-0.15, -0.1) is 0 Å². The van der Waals surface area contributed by atoms with Gasteiger partial charge in [-0.2, -0.15) is 0 Å². The molecule has 0 unspecified atom stereocenters. The van der Waals surface area contributed by atoms with Crippen LogP contribution in [0.2, 0.25) is 5.02 Å². The number of benzene rings is 2. The first-order valence-electron chi connectivity index (χ1n) is 9.11. The standard InChI is InChI=1S/C21H19BrClNO5/c1-24-5-4-12(14(24)9-25)19-15(26)7-16(27)20-17(28)8-18(29-21(19)20)11-3-2-10(22)6-13(11)23/h2-3,6-8,12,14,25-27H,4-5,9H2,1H3/t12-,14+/m0/s1. The fourth-order valence-electron chi connectivity index (χ4n) is 4.11. The van der Waals surface area contributed by atoms with Gasteiger partial charge in [0.25, 0.3) is 0 Å². The zero-order valence-corrected chi connectivity index (χ0v) is 17.9. The highest BCUT2D eigenvalue weighted by Crippen LogP contribution is 2.44. The van der Waals surface area contributed by atoms with Crippen LogP contribution in [0.5, 0.6) is 11.5 Å². The van der Waals surface area contributed by atoms with Crippen LogP contribution >= 0.6 is 27.5 Å². The number of rotatable bonds is 3. The summed E-state index contributed by atoms with van der Waals surface area (Å²) < 4.78 is 6.85. The SMILES string of the molecule is CN1CC[C@H](c2c(O)cc(O)c3c(=O)cc(-c4ccc(Br)cc4Cl)oc23)[C@H]1CO. The van der Waals surface area contributed by atoms with Gasteiger partial charge in [-0.3, -0.25) is 4.79 Å². The summed E-state index contributed by atoms with van der Waals surface area (Å²) in [6.45, 7) is 0.617. The first kappa shape index (κ1) is 20.2. The van der Waals surface area contributed by atoms with E-state index in [1.807, 2.05) is 11.9 Å². The number of hydrogen-bond acceptors (Lipinski definition) is 6. The van der Waals surface area contributed by atoms with E-state index in [9.17, 15) is 20.1 Å². The van der Waals surface area contributed by atoms with Crippen molar-refractivity contribution >= 4 is 38.5 Å². The maximum absolute atomic E-state index is 12.9. The Hall–Kier alpha value is -2.06. The number of hydrogen-bond donors (Lipinski definition) is 3. The van der Waals surface area contributed by atoms with Crippen LogP contribution in [-0.2, 0) is 0 Å². The smallest absolute Gasteiger partial charge is 0.197 e. The van der Waals surface area contributed by atoms with Gasteiger partial charge in [0, 0.05) is 39.7 Å². The van der Waals surface area contributed by atoms with Crippen molar-refractivity contribution in [2.45, 2.75) is 18.4 Å². The number of phenolic OH excluding ortho intramolecular Hbond substituents is 2. The van der Waals surface area contributed by atoms with Gasteiger partial charge in [0.05, 0.1) is 11.6 Å². The summed E-state index contributed by atoms with van der Waals surface area (Å²) in [5.41, 5.74) is 0.604. The molecule has 0 radical (unpaired) electrons. The second-order valence-electron chi connectivity index (χ2n) is 7.26. The van der Waals surface area contributed by atoms with Crippen molar-refractivity contribution in [3.05, 3.63) is 55.6 Å². The molecular weight excluding hydrogens is 462 g/mol. The Balaban J connectivity index is 2.01. The van der Waals surface area contributed by atoms with Gasteiger partial charge in [0.1, 0.15) is 28.2 Å². The van der Waals surface area contributed by atoms with Gasteiger partial charge < -0.3 is 24.6 Å². The molecule has 4 rings (SSSR count). The molecule has 6 nitrogen and oxygen atoms in total. The molecule has 2 atom stereocenters. The minimum absolute atomic E-state index is 0.000951. The van der Waals surface area contributed by atoms with Gasteiger partial charge >= 0.3 is 0 Å². The lowest BCUT2D eigenvalue weighted by molar-refractivity contribution is 0.172. The van der Waals surface area contributed by atoms with E-state index in [4.69, 9.17) is 16.0 Å². The van der Waals surface area contributed by atoms with Crippen molar-refractivity contribution < 1.29 is 19.7 Å². The number of aromatic hydroxyl groups is 2. The van der Waals surface area contributed by atoms with Crippen LogP contribution in [-0.4, -0.2) is 46.5 Å². The second kappa shape index (κ2) is 7.65. The summed E-state index contributed by atoms with van der Waals surface area (Å²) in [6, 6.07) is 7.39. The predicted octanol–water partition coefficient (Wildman–Crippen LogP) is 4.07. The van der Waals surface area contributed by atoms with Crippen LogP contribution < -0.4 is 5.43 Å². The third kappa shape index (κ3) is 3.42. The highest BCUT2D eigenvalue weighted by molar-refractivity contribution is 9.10. The molecule has 0 amide bonds.